The number of allylic oxidation sites excluding steroid dienone is 2. The number of rotatable bonds is 2. The summed E-state index contributed by atoms with van der Waals surface area (Å²) in [5.41, 5.74) is 0. The molecule has 1 heteroatoms. The number of hydrogen-bond donors (Lipinski definition) is 1. The molecule has 1 N–H and O–H groups in total. The van der Waals surface area contributed by atoms with Gasteiger partial charge in [0, 0.05) is 6.42 Å². The Labute approximate surface area is 69.1 Å². The van der Waals surface area contributed by atoms with Crippen LogP contribution in [0.3, 0.4) is 0 Å². The maximum atomic E-state index is 9.14. The monoisotopic (exact) mass is 154 g/mol. The van der Waals surface area contributed by atoms with Crippen LogP contribution < -0.4 is 0 Å². The highest BCUT2D eigenvalue weighted by atomic mass is 16.3. The van der Waals surface area contributed by atoms with Gasteiger partial charge in [0.15, 0.2) is 0 Å². The van der Waals surface area contributed by atoms with E-state index in [0.29, 0.717) is 5.76 Å². The summed E-state index contributed by atoms with van der Waals surface area (Å²) in [7, 11) is 0. The Morgan fingerprint density at radius 2 is 2.45 bits per heavy atom. The summed E-state index contributed by atoms with van der Waals surface area (Å²) in [5.74, 6) is 2.24. The van der Waals surface area contributed by atoms with E-state index >= 15 is 0 Å². The van der Waals surface area contributed by atoms with Crippen molar-refractivity contribution in [2.24, 2.45) is 11.8 Å². The van der Waals surface area contributed by atoms with E-state index in [9.17, 15) is 0 Å². The lowest BCUT2D eigenvalue weighted by Gasteiger charge is -2.24. The molecule has 64 valence electrons. The molecule has 0 heterocycles. The Morgan fingerprint density at radius 1 is 1.73 bits per heavy atom. The lowest BCUT2D eigenvalue weighted by atomic mass is 9.82. The van der Waals surface area contributed by atoms with Gasteiger partial charge >= 0.3 is 0 Å². The van der Waals surface area contributed by atoms with Gasteiger partial charge in [0.1, 0.15) is 0 Å². The van der Waals surface area contributed by atoms with Crippen molar-refractivity contribution in [3.05, 3.63) is 11.8 Å². The molecule has 0 aromatic rings. The standard InChI is InChI=1S/C10H18O/c1-3-8(2)9-4-6-10(11)7-5-9/h6,8-9,11H,3-5,7H2,1-2H3/t8?,9-/m0/s1. The topological polar surface area (TPSA) is 20.2 Å². The zero-order valence-corrected chi connectivity index (χ0v) is 7.51. The molecular weight excluding hydrogens is 136 g/mol. The molecule has 0 saturated carbocycles. The van der Waals surface area contributed by atoms with Crippen molar-refractivity contribution in [2.45, 2.75) is 39.5 Å². The summed E-state index contributed by atoms with van der Waals surface area (Å²) in [6.45, 7) is 4.55. The normalized spacial score (nSPS) is 27.8. The van der Waals surface area contributed by atoms with Crippen molar-refractivity contribution in [1.29, 1.82) is 0 Å². The van der Waals surface area contributed by atoms with Crippen LogP contribution in [0.15, 0.2) is 11.8 Å². The van der Waals surface area contributed by atoms with Crippen LogP contribution in [0.5, 0.6) is 0 Å². The summed E-state index contributed by atoms with van der Waals surface area (Å²) in [4.78, 5) is 0. The maximum absolute atomic E-state index is 9.14. The number of aliphatic hydroxyl groups excluding tert-OH is 1. The van der Waals surface area contributed by atoms with Gasteiger partial charge in [-0.1, -0.05) is 20.3 Å². The van der Waals surface area contributed by atoms with E-state index in [1.165, 1.54) is 12.8 Å². The third-order valence-electron chi connectivity index (χ3n) is 2.88. The average Bonchev–Trinajstić information content (AvgIpc) is 2.05. The minimum Gasteiger partial charge on any atom is -0.513 e. The fourth-order valence-electron chi connectivity index (χ4n) is 1.69. The predicted octanol–water partition coefficient (Wildman–Crippen LogP) is 3.27. The molecule has 0 aromatic heterocycles. The van der Waals surface area contributed by atoms with E-state index in [4.69, 9.17) is 5.11 Å². The quantitative estimate of drug-likeness (QED) is 0.647. The Morgan fingerprint density at radius 3 is 2.91 bits per heavy atom. The summed E-state index contributed by atoms with van der Waals surface area (Å²) in [6.07, 6.45) is 6.41. The van der Waals surface area contributed by atoms with Crippen LogP contribution in [-0.2, 0) is 0 Å². The number of aliphatic hydroxyl groups is 1. The molecular formula is C10H18O. The fourth-order valence-corrected chi connectivity index (χ4v) is 1.69. The van der Waals surface area contributed by atoms with Crippen molar-refractivity contribution in [3.8, 4) is 0 Å². The molecule has 0 aromatic carbocycles. The first-order valence-corrected chi connectivity index (χ1v) is 4.62. The van der Waals surface area contributed by atoms with Gasteiger partial charge < -0.3 is 5.11 Å². The predicted molar refractivity (Wildman–Crippen MR) is 47.5 cm³/mol. The second-order valence-electron chi connectivity index (χ2n) is 3.62. The van der Waals surface area contributed by atoms with Crippen LogP contribution in [0.1, 0.15) is 39.5 Å². The van der Waals surface area contributed by atoms with Gasteiger partial charge in [-0.3, -0.25) is 0 Å². The van der Waals surface area contributed by atoms with E-state index in [1.807, 2.05) is 6.08 Å². The largest absolute Gasteiger partial charge is 0.513 e. The van der Waals surface area contributed by atoms with Gasteiger partial charge in [-0.2, -0.15) is 0 Å². The Balaban J connectivity index is 2.40. The van der Waals surface area contributed by atoms with Gasteiger partial charge in [0.05, 0.1) is 5.76 Å². The minimum absolute atomic E-state index is 0.601. The highest BCUT2D eigenvalue weighted by molar-refractivity contribution is 4.97. The zero-order chi connectivity index (χ0) is 8.27. The molecule has 1 unspecified atom stereocenters. The van der Waals surface area contributed by atoms with E-state index in [1.54, 1.807) is 0 Å². The Bertz CT molecular complexity index is 149. The van der Waals surface area contributed by atoms with Crippen LogP contribution in [0.25, 0.3) is 0 Å². The fraction of sp³-hybridized carbons (Fsp3) is 0.800. The van der Waals surface area contributed by atoms with E-state index in [2.05, 4.69) is 13.8 Å². The van der Waals surface area contributed by atoms with E-state index < -0.39 is 0 Å². The van der Waals surface area contributed by atoms with Crippen LogP contribution in [0, 0.1) is 11.8 Å². The molecule has 0 saturated heterocycles. The van der Waals surface area contributed by atoms with Gasteiger partial charge in [-0.15, -0.1) is 0 Å². The van der Waals surface area contributed by atoms with Gasteiger partial charge in [-0.25, -0.2) is 0 Å². The van der Waals surface area contributed by atoms with Gasteiger partial charge in [0.2, 0.25) is 0 Å². The molecule has 0 spiro atoms. The molecule has 2 atom stereocenters. The van der Waals surface area contributed by atoms with Crippen LogP contribution in [-0.4, -0.2) is 5.11 Å². The van der Waals surface area contributed by atoms with Crippen molar-refractivity contribution < 1.29 is 5.11 Å². The molecule has 1 aliphatic carbocycles. The molecule has 0 bridgehead atoms. The average molecular weight is 154 g/mol. The third kappa shape index (κ3) is 2.25. The Hall–Kier alpha value is -0.460. The first-order valence-electron chi connectivity index (χ1n) is 4.62. The van der Waals surface area contributed by atoms with Crippen molar-refractivity contribution >= 4 is 0 Å². The molecule has 1 aliphatic rings. The van der Waals surface area contributed by atoms with Crippen LogP contribution >= 0.6 is 0 Å². The second kappa shape index (κ2) is 3.80. The molecule has 0 radical (unpaired) electrons. The third-order valence-corrected chi connectivity index (χ3v) is 2.88. The summed E-state index contributed by atoms with van der Waals surface area (Å²) >= 11 is 0. The van der Waals surface area contributed by atoms with Crippen LogP contribution in [0.2, 0.25) is 0 Å². The molecule has 0 fully saturated rings. The SMILES string of the molecule is CCC(C)[C@H]1CC=C(O)CC1. The molecule has 0 aliphatic heterocycles. The van der Waals surface area contributed by atoms with Gasteiger partial charge in [-0.05, 0) is 30.8 Å². The highest BCUT2D eigenvalue weighted by Crippen LogP contribution is 2.29. The summed E-state index contributed by atoms with van der Waals surface area (Å²) < 4.78 is 0. The first kappa shape index (κ1) is 8.63. The lowest BCUT2D eigenvalue weighted by Crippen LogP contribution is -2.13. The smallest absolute Gasteiger partial charge is 0.0883 e. The van der Waals surface area contributed by atoms with Crippen LogP contribution in [0.4, 0.5) is 0 Å². The maximum Gasteiger partial charge on any atom is 0.0883 e. The van der Waals surface area contributed by atoms with E-state index in [0.717, 1.165) is 24.7 Å². The summed E-state index contributed by atoms with van der Waals surface area (Å²) in [5, 5.41) is 9.14. The number of hydrogen-bond acceptors (Lipinski definition) is 1. The first-order chi connectivity index (χ1) is 5.24. The van der Waals surface area contributed by atoms with Crippen molar-refractivity contribution in [3.63, 3.8) is 0 Å². The van der Waals surface area contributed by atoms with E-state index in [-0.39, 0.29) is 0 Å². The highest BCUT2D eigenvalue weighted by Gasteiger charge is 2.18. The summed E-state index contributed by atoms with van der Waals surface area (Å²) in [6, 6.07) is 0. The second-order valence-corrected chi connectivity index (χ2v) is 3.62. The molecule has 0 amide bonds. The van der Waals surface area contributed by atoms with Gasteiger partial charge in [0.25, 0.3) is 0 Å². The van der Waals surface area contributed by atoms with Crippen molar-refractivity contribution in [2.75, 3.05) is 0 Å². The lowest BCUT2D eigenvalue weighted by molar-refractivity contribution is 0.277. The zero-order valence-electron chi connectivity index (χ0n) is 7.51. The molecule has 1 rings (SSSR count). The molecule has 1 nitrogen and oxygen atoms in total. The van der Waals surface area contributed by atoms with Crippen molar-refractivity contribution in [1.82, 2.24) is 0 Å². The Kier molecular flexibility index (Phi) is 2.98. The minimum atomic E-state index is 0.601. The molecule has 11 heavy (non-hydrogen) atoms.